The number of amides is 1. The number of hydrogen-bond acceptors (Lipinski definition) is 4. The fourth-order valence-corrected chi connectivity index (χ4v) is 3.85. The summed E-state index contributed by atoms with van der Waals surface area (Å²) in [6, 6.07) is 19.6. The minimum absolute atomic E-state index is 0.0261. The van der Waals surface area contributed by atoms with Gasteiger partial charge in [-0.1, -0.05) is 34.1 Å². The van der Waals surface area contributed by atoms with E-state index < -0.39 is 15.9 Å². The number of para-hydroxylation sites is 2. The Labute approximate surface area is 171 Å². The smallest absolute Gasteiger partial charge is 0.262 e. The molecule has 0 saturated carbocycles. The summed E-state index contributed by atoms with van der Waals surface area (Å²) >= 11 is 3.33. The number of sulfonamides is 1. The maximum atomic E-state index is 12.7. The number of hydrogen-bond donors (Lipinski definition) is 2. The summed E-state index contributed by atoms with van der Waals surface area (Å²) in [5, 5.41) is 2.74. The number of methoxy groups -OCH3 is 1. The van der Waals surface area contributed by atoms with E-state index in [1.54, 1.807) is 54.6 Å². The molecular weight excluding hydrogens is 444 g/mol. The Morgan fingerprint density at radius 2 is 1.68 bits per heavy atom. The van der Waals surface area contributed by atoms with Gasteiger partial charge < -0.3 is 10.1 Å². The van der Waals surface area contributed by atoms with Crippen LogP contribution in [0.5, 0.6) is 5.75 Å². The van der Waals surface area contributed by atoms with Gasteiger partial charge in [-0.25, -0.2) is 8.42 Å². The zero-order valence-electron chi connectivity index (χ0n) is 14.8. The second-order valence-corrected chi connectivity index (χ2v) is 8.39. The maximum absolute atomic E-state index is 12.7. The van der Waals surface area contributed by atoms with E-state index in [4.69, 9.17) is 4.74 Å². The molecule has 144 valence electrons. The highest BCUT2D eigenvalue weighted by Gasteiger charge is 2.18. The van der Waals surface area contributed by atoms with Gasteiger partial charge in [-0.2, -0.15) is 0 Å². The molecule has 0 spiro atoms. The van der Waals surface area contributed by atoms with Crippen LogP contribution in [-0.2, 0) is 10.0 Å². The lowest BCUT2D eigenvalue weighted by molar-refractivity contribution is 0.102. The van der Waals surface area contributed by atoms with Crippen molar-refractivity contribution in [2.75, 3.05) is 17.1 Å². The summed E-state index contributed by atoms with van der Waals surface area (Å²) in [6.07, 6.45) is 0. The zero-order valence-corrected chi connectivity index (χ0v) is 17.2. The SMILES string of the molecule is COc1ccccc1NS(=O)(=O)c1cccc(C(=O)Nc2ccc(Br)cc2)c1. The Morgan fingerprint density at radius 1 is 0.964 bits per heavy atom. The van der Waals surface area contributed by atoms with E-state index in [0.29, 0.717) is 17.1 Å². The largest absolute Gasteiger partial charge is 0.495 e. The predicted molar refractivity (Wildman–Crippen MR) is 112 cm³/mol. The first-order chi connectivity index (χ1) is 13.4. The normalized spacial score (nSPS) is 10.9. The number of halogens is 1. The average molecular weight is 461 g/mol. The molecule has 0 aromatic heterocycles. The molecule has 0 heterocycles. The third kappa shape index (κ3) is 4.71. The van der Waals surface area contributed by atoms with Crippen LogP contribution in [0.3, 0.4) is 0 Å². The van der Waals surface area contributed by atoms with Crippen LogP contribution in [0.1, 0.15) is 10.4 Å². The molecule has 0 aliphatic rings. The van der Waals surface area contributed by atoms with Gasteiger partial charge in [0.2, 0.25) is 0 Å². The highest BCUT2D eigenvalue weighted by Crippen LogP contribution is 2.26. The molecule has 3 rings (SSSR count). The van der Waals surface area contributed by atoms with Gasteiger partial charge in [-0.3, -0.25) is 9.52 Å². The topological polar surface area (TPSA) is 84.5 Å². The van der Waals surface area contributed by atoms with E-state index in [1.807, 2.05) is 0 Å². The number of rotatable bonds is 6. The van der Waals surface area contributed by atoms with Gasteiger partial charge in [0.15, 0.2) is 0 Å². The molecular formula is C20H17BrN2O4S. The van der Waals surface area contributed by atoms with Crippen LogP contribution in [0.15, 0.2) is 82.2 Å². The molecule has 0 aliphatic heterocycles. The van der Waals surface area contributed by atoms with E-state index in [1.165, 1.54) is 25.3 Å². The lowest BCUT2D eigenvalue weighted by Gasteiger charge is -2.12. The number of ether oxygens (including phenoxy) is 1. The third-order valence-electron chi connectivity index (χ3n) is 3.86. The summed E-state index contributed by atoms with van der Waals surface area (Å²) in [5.41, 5.74) is 1.15. The van der Waals surface area contributed by atoms with Gasteiger partial charge in [0.1, 0.15) is 5.75 Å². The number of anilines is 2. The van der Waals surface area contributed by atoms with Crippen LogP contribution in [-0.4, -0.2) is 21.4 Å². The molecule has 28 heavy (non-hydrogen) atoms. The lowest BCUT2D eigenvalue weighted by Crippen LogP contribution is -2.16. The minimum Gasteiger partial charge on any atom is -0.495 e. The molecule has 0 atom stereocenters. The van der Waals surface area contributed by atoms with E-state index in [9.17, 15) is 13.2 Å². The van der Waals surface area contributed by atoms with Crippen molar-refractivity contribution in [1.82, 2.24) is 0 Å². The van der Waals surface area contributed by atoms with Gasteiger partial charge in [0.05, 0.1) is 17.7 Å². The van der Waals surface area contributed by atoms with Crippen LogP contribution < -0.4 is 14.8 Å². The monoisotopic (exact) mass is 460 g/mol. The molecule has 0 radical (unpaired) electrons. The van der Waals surface area contributed by atoms with Crippen molar-refractivity contribution >= 4 is 43.2 Å². The van der Waals surface area contributed by atoms with Crippen molar-refractivity contribution in [3.8, 4) is 5.75 Å². The van der Waals surface area contributed by atoms with E-state index in [2.05, 4.69) is 26.0 Å². The van der Waals surface area contributed by atoms with Gasteiger partial charge in [0, 0.05) is 15.7 Å². The van der Waals surface area contributed by atoms with Crippen LogP contribution in [0, 0.1) is 0 Å². The van der Waals surface area contributed by atoms with Gasteiger partial charge in [-0.15, -0.1) is 0 Å². The molecule has 8 heteroatoms. The standard InChI is InChI=1S/C20H17BrN2O4S/c1-27-19-8-3-2-7-18(19)23-28(25,26)17-6-4-5-14(13-17)20(24)22-16-11-9-15(21)10-12-16/h2-13,23H,1H3,(H,22,24). The van der Waals surface area contributed by atoms with E-state index >= 15 is 0 Å². The fourth-order valence-electron chi connectivity index (χ4n) is 2.47. The van der Waals surface area contributed by atoms with Gasteiger partial charge in [-0.05, 0) is 54.6 Å². The number of nitrogens with one attached hydrogen (secondary N) is 2. The molecule has 0 saturated heterocycles. The third-order valence-corrected chi connectivity index (χ3v) is 5.75. The fraction of sp³-hybridized carbons (Fsp3) is 0.0500. The molecule has 1 amide bonds. The second-order valence-electron chi connectivity index (χ2n) is 5.79. The Balaban J connectivity index is 1.83. The first kappa shape index (κ1) is 19.9. The van der Waals surface area contributed by atoms with E-state index in [-0.39, 0.29) is 10.5 Å². The zero-order chi connectivity index (χ0) is 20.1. The Kier molecular flexibility index (Phi) is 6.01. The van der Waals surface area contributed by atoms with Crippen molar-refractivity contribution in [2.24, 2.45) is 0 Å². The molecule has 0 fully saturated rings. The van der Waals surface area contributed by atoms with Crippen molar-refractivity contribution in [3.05, 3.63) is 82.8 Å². The average Bonchev–Trinajstić information content (AvgIpc) is 2.70. The van der Waals surface area contributed by atoms with Crippen molar-refractivity contribution in [2.45, 2.75) is 4.90 Å². The van der Waals surface area contributed by atoms with E-state index in [0.717, 1.165) is 4.47 Å². The molecule has 0 bridgehead atoms. The summed E-state index contributed by atoms with van der Waals surface area (Å²) in [5.74, 6) is -0.00752. The number of carbonyl (C=O) groups is 1. The molecule has 3 aromatic rings. The molecule has 0 unspecified atom stereocenters. The molecule has 0 aliphatic carbocycles. The molecule has 6 nitrogen and oxygen atoms in total. The summed E-state index contributed by atoms with van der Waals surface area (Å²) < 4.78 is 34.0. The molecule has 3 aromatic carbocycles. The Bertz CT molecular complexity index is 1100. The second kappa shape index (κ2) is 8.45. The maximum Gasteiger partial charge on any atom is 0.262 e. The van der Waals surface area contributed by atoms with Crippen LogP contribution in [0.25, 0.3) is 0 Å². The summed E-state index contributed by atoms with van der Waals surface area (Å²) in [6.45, 7) is 0. The number of benzene rings is 3. The number of carbonyl (C=O) groups excluding carboxylic acids is 1. The first-order valence-corrected chi connectivity index (χ1v) is 10.5. The van der Waals surface area contributed by atoms with Crippen LogP contribution in [0.2, 0.25) is 0 Å². The van der Waals surface area contributed by atoms with Crippen molar-refractivity contribution < 1.29 is 17.9 Å². The Morgan fingerprint density at radius 3 is 2.39 bits per heavy atom. The lowest BCUT2D eigenvalue weighted by atomic mass is 10.2. The predicted octanol–water partition coefficient (Wildman–Crippen LogP) is 4.51. The van der Waals surface area contributed by atoms with Gasteiger partial charge in [0.25, 0.3) is 15.9 Å². The highest BCUT2D eigenvalue weighted by atomic mass is 79.9. The van der Waals surface area contributed by atoms with Crippen molar-refractivity contribution in [1.29, 1.82) is 0 Å². The Hall–Kier alpha value is -2.84. The quantitative estimate of drug-likeness (QED) is 0.566. The van der Waals surface area contributed by atoms with Crippen LogP contribution in [0.4, 0.5) is 11.4 Å². The van der Waals surface area contributed by atoms with Gasteiger partial charge >= 0.3 is 0 Å². The molecule has 2 N–H and O–H groups in total. The summed E-state index contributed by atoms with van der Waals surface area (Å²) in [4.78, 5) is 12.5. The van der Waals surface area contributed by atoms with Crippen LogP contribution >= 0.6 is 15.9 Å². The summed E-state index contributed by atoms with van der Waals surface area (Å²) in [7, 11) is -2.44. The first-order valence-electron chi connectivity index (χ1n) is 8.22. The highest BCUT2D eigenvalue weighted by molar-refractivity contribution is 9.10. The van der Waals surface area contributed by atoms with Crippen molar-refractivity contribution in [3.63, 3.8) is 0 Å². The minimum atomic E-state index is -3.90.